The van der Waals surface area contributed by atoms with Crippen molar-refractivity contribution in [2.24, 2.45) is 0 Å². The first-order valence-electron chi connectivity index (χ1n) is 8.57. The maximum atomic E-state index is 12.4. The zero-order valence-corrected chi connectivity index (χ0v) is 15.9. The number of fused-ring (bicyclic) bond motifs is 1. The van der Waals surface area contributed by atoms with E-state index in [9.17, 15) is 14.4 Å². The highest BCUT2D eigenvalue weighted by Crippen LogP contribution is 2.29. The highest BCUT2D eigenvalue weighted by molar-refractivity contribution is 8.04. The maximum Gasteiger partial charge on any atom is 0.333 e. The van der Waals surface area contributed by atoms with Gasteiger partial charge in [0.2, 0.25) is 11.8 Å². The molecule has 1 aliphatic heterocycles. The molecule has 8 heteroatoms. The molecule has 0 aliphatic carbocycles. The first-order chi connectivity index (χ1) is 13.0. The van der Waals surface area contributed by atoms with E-state index in [1.807, 2.05) is 37.3 Å². The van der Waals surface area contributed by atoms with Crippen LogP contribution >= 0.6 is 11.8 Å². The summed E-state index contributed by atoms with van der Waals surface area (Å²) in [6.07, 6.45) is 1.25. The molecule has 3 rings (SSSR count). The molecule has 2 aromatic rings. The quantitative estimate of drug-likeness (QED) is 0.604. The van der Waals surface area contributed by atoms with Gasteiger partial charge < -0.3 is 14.5 Å². The van der Waals surface area contributed by atoms with E-state index in [0.717, 1.165) is 11.0 Å². The molecule has 142 valence electrons. The number of ether oxygens (including phenoxy) is 1. The van der Waals surface area contributed by atoms with Crippen LogP contribution in [0.1, 0.15) is 25.6 Å². The molecule has 1 unspecified atom stereocenters. The average molecular weight is 388 g/mol. The monoisotopic (exact) mass is 388 g/mol. The lowest BCUT2D eigenvalue weighted by atomic mass is 10.2. The number of amides is 2. The van der Waals surface area contributed by atoms with Gasteiger partial charge in [-0.15, -0.1) is 0 Å². The fourth-order valence-corrected chi connectivity index (χ4v) is 3.63. The van der Waals surface area contributed by atoms with E-state index in [1.165, 1.54) is 22.7 Å². The van der Waals surface area contributed by atoms with Crippen molar-refractivity contribution in [3.63, 3.8) is 0 Å². The summed E-state index contributed by atoms with van der Waals surface area (Å²) in [5.74, 6) is -0.266. The molecule has 0 saturated carbocycles. The molecule has 0 radical (unpaired) electrons. The third-order valence-electron chi connectivity index (χ3n) is 3.99. The van der Waals surface area contributed by atoms with E-state index in [1.54, 1.807) is 6.92 Å². The van der Waals surface area contributed by atoms with E-state index in [2.05, 4.69) is 5.32 Å². The summed E-state index contributed by atoms with van der Waals surface area (Å²) in [5.41, 5.74) is 0.749. The van der Waals surface area contributed by atoms with E-state index < -0.39 is 5.97 Å². The molecular formula is C19H20N2O5S. The number of carbonyl (C=O) groups excluding carboxylic acids is 3. The Morgan fingerprint density at radius 2 is 2.19 bits per heavy atom. The summed E-state index contributed by atoms with van der Waals surface area (Å²) in [5, 5.41) is 4.20. The number of benzene rings is 1. The van der Waals surface area contributed by atoms with Gasteiger partial charge in [-0.25, -0.2) is 4.79 Å². The molecule has 1 aromatic heterocycles. The zero-order chi connectivity index (χ0) is 19.4. The zero-order valence-electron chi connectivity index (χ0n) is 15.1. The van der Waals surface area contributed by atoms with Crippen molar-refractivity contribution in [1.29, 1.82) is 0 Å². The Labute approximate surface area is 160 Å². The molecule has 2 amide bonds. The molecule has 1 N–H and O–H groups in total. The minimum atomic E-state index is -0.532. The molecule has 1 saturated heterocycles. The number of hydrogen-bond acceptors (Lipinski definition) is 6. The van der Waals surface area contributed by atoms with Gasteiger partial charge in [-0.05, 0) is 26.0 Å². The lowest BCUT2D eigenvalue weighted by Crippen LogP contribution is -2.38. The van der Waals surface area contributed by atoms with Gasteiger partial charge in [0.25, 0.3) is 0 Å². The van der Waals surface area contributed by atoms with Gasteiger partial charge in [-0.1, -0.05) is 30.0 Å². The van der Waals surface area contributed by atoms with Crippen molar-refractivity contribution in [2.75, 3.05) is 18.9 Å². The molecule has 1 fully saturated rings. The summed E-state index contributed by atoms with van der Waals surface area (Å²) in [7, 11) is 0. The van der Waals surface area contributed by atoms with E-state index >= 15 is 0 Å². The van der Waals surface area contributed by atoms with Crippen LogP contribution in [0.3, 0.4) is 0 Å². The van der Waals surface area contributed by atoms with Crippen LogP contribution in [0.25, 0.3) is 11.0 Å². The first-order valence-corrected chi connectivity index (χ1v) is 9.56. The topological polar surface area (TPSA) is 88.9 Å². The van der Waals surface area contributed by atoms with Crippen LogP contribution in [-0.2, 0) is 19.1 Å². The summed E-state index contributed by atoms with van der Waals surface area (Å²) in [4.78, 5) is 37.4. The van der Waals surface area contributed by atoms with Gasteiger partial charge in [-0.2, -0.15) is 0 Å². The number of esters is 1. The first kappa shape index (κ1) is 19.0. The molecular weight excluding hydrogens is 368 g/mol. The van der Waals surface area contributed by atoms with Gasteiger partial charge in [0.15, 0.2) is 0 Å². The van der Waals surface area contributed by atoms with E-state index in [4.69, 9.17) is 9.15 Å². The van der Waals surface area contributed by atoms with Crippen LogP contribution < -0.4 is 5.32 Å². The predicted molar refractivity (Wildman–Crippen MR) is 102 cm³/mol. The number of nitrogens with one attached hydrogen (secondary N) is 1. The number of carbonyl (C=O) groups is 3. The second-order valence-corrected chi connectivity index (χ2v) is 6.97. The van der Waals surface area contributed by atoms with Gasteiger partial charge in [0, 0.05) is 5.39 Å². The van der Waals surface area contributed by atoms with Crippen molar-refractivity contribution in [2.45, 2.75) is 19.9 Å². The number of rotatable bonds is 6. The number of para-hydroxylation sites is 1. The third-order valence-corrected chi connectivity index (χ3v) is 5.01. The van der Waals surface area contributed by atoms with Gasteiger partial charge in [0.1, 0.15) is 17.9 Å². The van der Waals surface area contributed by atoms with Crippen LogP contribution in [0, 0.1) is 0 Å². The minimum Gasteiger partial charge on any atom is -0.463 e. The second-order valence-electron chi connectivity index (χ2n) is 5.98. The minimum absolute atomic E-state index is 0.165. The predicted octanol–water partition coefficient (Wildman–Crippen LogP) is 2.59. The average Bonchev–Trinajstić information content (AvgIpc) is 3.20. The third kappa shape index (κ3) is 4.51. The fraction of sp³-hybridized carbons (Fsp3) is 0.316. The highest BCUT2D eigenvalue weighted by Gasteiger charge is 2.29. The Morgan fingerprint density at radius 1 is 1.41 bits per heavy atom. The number of thioether (sulfide) groups is 1. The highest BCUT2D eigenvalue weighted by atomic mass is 32.2. The molecule has 1 aliphatic rings. The summed E-state index contributed by atoms with van der Waals surface area (Å²) in [6, 6.07) is 9.12. The summed E-state index contributed by atoms with van der Waals surface area (Å²) in [6.45, 7) is 3.60. The Bertz CT molecular complexity index is 871. The molecule has 1 atom stereocenters. The lowest BCUT2D eigenvalue weighted by molar-refractivity contribution is -0.137. The number of hydrogen-bond donors (Lipinski definition) is 1. The Morgan fingerprint density at radius 3 is 2.93 bits per heavy atom. The molecule has 27 heavy (non-hydrogen) atoms. The van der Waals surface area contributed by atoms with Crippen molar-refractivity contribution >= 4 is 40.5 Å². The van der Waals surface area contributed by atoms with Crippen molar-refractivity contribution in [3.8, 4) is 0 Å². The van der Waals surface area contributed by atoms with Gasteiger partial charge in [0.05, 0.1) is 29.5 Å². The number of nitrogens with zero attached hydrogens (tertiary/aromatic N) is 1. The Hall–Kier alpha value is -2.74. The van der Waals surface area contributed by atoms with Crippen LogP contribution in [0.4, 0.5) is 0 Å². The molecule has 0 spiro atoms. The van der Waals surface area contributed by atoms with E-state index in [0.29, 0.717) is 10.8 Å². The SMILES string of the molecule is CCOC(=O)/C=C1\SCC(=O)N1CC(=O)NC(C)c1cc2ccccc2o1. The van der Waals surface area contributed by atoms with Crippen molar-refractivity contribution in [3.05, 3.63) is 47.2 Å². The molecule has 2 heterocycles. The molecule has 1 aromatic carbocycles. The second kappa shape index (κ2) is 8.30. The van der Waals surface area contributed by atoms with Crippen molar-refractivity contribution in [1.82, 2.24) is 10.2 Å². The molecule has 0 bridgehead atoms. The van der Waals surface area contributed by atoms with Crippen molar-refractivity contribution < 1.29 is 23.5 Å². The van der Waals surface area contributed by atoms with Crippen LogP contribution in [0.2, 0.25) is 0 Å². The standard InChI is InChI=1S/C19H20N2O5S/c1-3-25-19(24)9-18-21(17(23)11-27-18)10-16(22)20-12(2)15-8-13-6-4-5-7-14(13)26-15/h4-9,12H,3,10-11H2,1-2H3,(H,20,22)/b18-9-. The number of furan rings is 1. The van der Waals surface area contributed by atoms with Crippen LogP contribution in [0.15, 0.2) is 45.9 Å². The summed E-state index contributed by atoms with van der Waals surface area (Å²) < 4.78 is 10.6. The fourth-order valence-electron chi connectivity index (χ4n) is 2.70. The van der Waals surface area contributed by atoms with Gasteiger partial charge >= 0.3 is 5.97 Å². The lowest BCUT2D eigenvalue weighted by Gasteiger charge is -2.18. The largest absolute Gasteiger partial charge is 0.463 e. The normalized spacial score (nSPS) is 16.7. The molecule has 7 nitrogen and oxygen atoms in total. The maximum absolute atomic E-state index is 12.4. The van der Waals surface area contributed by atoms with Gasteiger partial charge in [-0.3, -0.25) is 14.5 Å². The smallest absolute Gasteiger partial charge is 0.333 e. The Kier molecular flexibility index (Phi) is 5.85. The van der Waals surface area contributed by atoms with E-state index in [-0.39, 0.29) is 36.8 Å². The Balaban J connectivity index is 1.64. The van der Waals surface area contributed by atoms with Crippen LogP contribution in [0.5, 0.6) is 0 Å². The summed E-state index contributed by atoms with van der Waals surface area (Å²) >= 11 is 1.21. The van der Waals surface area contributed by atoms with Crippen LogP contribution in [-0.4, -0.2) is 41.6 Å².